The van der Waals surface area contributed by atoms with Crippen LogP contribution in [0.25, 0.3) is 0 Å². The van der Waals surface area contributed by atoms with E-state index in [1.807, 2.05) is 11.8 Å². The minimum absolute atomic E-state index is 0.134. The van der Waals surface area contributed by atoms with E-state index in [1.165, 1.54) is 0 Å². The van der Waals surface area contributed by atoms with E-state index in [4.69, 9.17) is 4.74 Å². The molecule has 0 aliphatic carbocycles. The molecule has 0 aromatic heterocycles. The molecule has 0 aromatic rings. The number of hydrogen-bond donors (Lipinski definition) is 0. The van der Waals surface area contributed by atoms with Crippen molar-refractivity contribution in [3.05, 3.63) is 0 Å². The van der Waals surface area contributed by atoms with E-state index in [1.54, 1.807) is 0 Å². The van der Waals surface area contributed by atoms with E-state index in [0.717, 1.165) is 25.9 Å². The van der Waals surface area contributed by atoms with Gasteiger partial charge in [-0.1, -0.05) is 29.8 Å². The first kappa shape index (κ1) is 13.0. The first-order valence-corrected chi connectivity index (χ1v) is 6.56. The fourth-order valence-electron chi connectivity index (χ4n) is 1.74. The van der Waals surface area contributed by atoms with Crippen molar-refractivity contribution in [2.75, 3.05) is 26.3 Å². The summed E-state index contributed by atoms with van der Waals surface area (Å²) in [5, 5.41) is 0. The van der Waals surface area contributed by atoms with Crippen molar-refractivity contribution >= 4 is 21.8 Å². The standard InChI is InChI=1S/C11H20BrNO2/c1-3-6-15-8-11(14)13-5-4-10(12)9(2)7-13/h9-10H,3-8H2,1-2H3. The number of rotatable bonds is 4. The second-order valence-corrected chi connectivity index (χ2v) is 5.35. The molecule has 88 valence electrons. The molecule has 2 atom stereocenters. The molecule has 4 heteroatoms. The molecule has 0 saturated carbocycles. The molecular formula is C11H20BrNO2. The Morgan fingerprint density at radius 1 is 1.60 bits per heavy atom. The topological polar surface area (TPSA) is 29.5 Å². The van der Waals surface area contributed by atoms with Crippen LogP contribution in [0.2, 0.25) is 0 Å². The average molecular weight is 278 g/mol. The molecule has 0 radical (unpaired) electrons. The molecule has 1 saturated heterocycles. The van der Waals surface area contributed by atoms with Gasteiger partial charge in [0, 0.05) is 24.5 Å². The summed E-state index contributed by atoms with van der Waals surface area (Å²) in [6, 6.07) is 0. The van der Waals surface area contributed by atoms with Gasteiger partial charge in [0.25, 0.3) is 0 Å². The molecule has 0 spiro atoms. The smallest absolute Gasteiger partial charge is 0.248 e. The number of alkyl halides is 1. The van der Waals surface area contributed by atoms with E-state index in [9.17, 15) is 4.79 Å². The highest BCUT2D eigenvalue weighted by atomic mass is 79.9. The van der Waals surface area contributed by atoms with Crippen LogP contribution in [-0.2, 0) is 9.53 Å². The lowest BCUT2D eigenvalue weighted by Crippen LogP contribution is -2.44. The summed E-state index contributed by atoms with van der Waals surface area (Å²) < 4.78 is 5.26. The molecule has 1 aliphatic heterocycles. The Kier molecular flexibility index (Phi) is 5.61. The number of halogens is 1. The summed E-state index contributed by atoms with van der Waals surface area (Å²) >= 11 is 3.62. The van der Waals surface area contributed by atoms with Crippen molar-refractivity contribution in [2.45, 2.75) is 31.5 Å². The zero-order valence-corrected chi connectivity index (χ0v) is 11.1. The largest absolute Gasteiger partial charge is 0.372 e. The molecular weight excluding hydrogens is 258 g/mol. The lowest BCUT2D eigenvalue weighted by atomic mass is 10.0. The Balaban J connectivity index is 2.28. The predicted octanol–water partition coefficient (Wildman–Crippen LogP) is 2.04. The minimum atomic E-state index is 0.134. The highest BCUT2D eigenvalue weighted by molar-refractivity contribution is 9.09. The van der Waals surface area contributed by atoms with E-state index >= 15 is 0 Å². The fraction of sp³-hybridized carbons (Fsp3) is 0.909. The Morgan fingerprint density at radius 2 is 2.33 bits per heavy atom. The maximum Gasteiger partial charge on any atom is 0.248 e. The molecule has 15 heavy (non-hydrogen) atoms. The van der Waals surface area contributed by atoms with Crippen molar-refractivity contribution in [1.29, 1.82) is 0 Å². The van der Waals surface area contributed by atoms with Gasteiger partial charge in [-0.05, 0) is 18.8 Å². The molecule has 0 bridgehead atoms. The minimum Gasteiger partial charge on any atom is -0.372 e. The van der Waals surface area contributed by atoms with Gasteiger partial charge >= 0.3 is 0 Å². The molecule has 1 fully saturated rings. The van der Waals surface area contributed by atoms with Crippen LogP contribution in [0.1, 0.15) is 26.7 Å². The van der Waals surface area contributed by atoms with Crippen molar-refractivity contribution in [3.8, 4) is 0 Å². The number of carbonyl (C=O) groups is 1. The maximum atomic E-state index is 11.7. The predicted molar refractivity (Wildman–Crippen MR) is 64.2 cm³/mol. The second kappa shape index (κ2) is 6.48. The highest BCUT2D eigenvalue weighted by Gasteiger charge is 2.26. The molecule has 2 unspecified atom stereocenters. The first-order chi connectivity index (χ1) is 7.15. The van der Waals surface area contributed by atoms with E-state index in [2.05, 4.69) is 22.9 Å². The van der Waals surface area contributed by atoms with Crippen LogP contribution in [0.3, 0.4) is 0 Å². The number of ether oxygens (including phenoxy) is 1. The first-order valence-electron chi connectivity index (χ1n) is 5.64. The van der Waals surface area contributed by atoms with Crippen LogP contribution < -0.4 is 0 Å². The number of likely N-dealkylation sites (tertiary alicyclic amines) is 1. The van der Waals surface area contributed by atoms with Gasteiger partial charge in [0.2, 0.25) is 5.91 Å². The van der Waals surface area contributed by atoms with E-state index < -0.39 is 0 Å². The lowest BCUT2D eigenvalue weighted by Gasteiger charge is -2.34. The van der Waals surface area contributed by atoms with Crippen LogP contribution in [0, 0.1) is 5.92 Å². The second-order valence-electron chi connectivity index (χ2n) is 4.17. The summed E-state index contributed by atoms with van der Waals surface area (Å²) in [6.07, 6.45) is 2.01. The van der Waals surface area contributed by atoms with Crippen molar-refractivity contribution in [3.63, 3.8) is 0 Å². The molecule has 1 heterocycles. The van der Waals surface area contributed by atoms with Gasteiger partial charge in [0.1, 0.15) is 6.61 Å². The Bertz CT molecular complexity index is 211. The van der Waals surface area contributed by atoms with Crippen molar-refractivity contribution < 1.29 is 9.53 Å². The maximum absolute atomic E-state index is 11.7. The van der Waals surface area contributed by atoms with Gasteiger partial charge in [-0.15, -0.1) is 0 Å². The van der Waals surface area contributed by atoms with Gasteiger partial charge in [0.05, 0.1) is 0 Å². The molecule has 3 nitrogen and oxygen atoms in total. The zero-order chi connectivity index (χ0) is 11.3. The third-order valence-electron chi connectivity index (χ3n) is 2.73. The molecule has 1 aliphatic rings. The molecule has 0 N–H and O–H groups in total. The van der Waals surface area contributed by atoms with Gasteiger partial charge in [0.15, 0.2) is 0 Å². The van der Waals surface area contributed by atoms with Crippen molar-refractivity contribution in [1.82, 2.24) is 4.90 Å². The summed E-state index contributed by atoms with van der Waals surface area (Å²) in [7, 11) is 0. The third-order valence-corrected chi connectivity index (χ3v) is 4.09. The van der Waals surface area contributed by atoms with Gasteiger partial charge in [-0.25, -0.2) is 0 Å². The monoisotopic (exact) mass is 277 g/mol. The Labute approximate surface area is 100 Å². The quantitative estimate of drug-likeness (QED) is 0.582. The number of carbonyl (C=O) groups excluding carboxylic acids is 1. The van der Waals surface area contributed by atoms with Crippen LogP contribution in [0.4, 0.5) is 0 Å². The number of hydrogen-bond acceptors (Lipinski definition) is 2. The molecule has 0 aromatic carbocycles. The van der Waals surface area contributed by atoms with Gasteiger partial charge < -0.3 is 9.64 Å². The summed E-state index contributed by atoms with van der Waals surface area (Å²) in [4.78, 5) is 14.2. The Hall–Kier alpha value is -0.0900. The summed E-state index contributed by atoms with van der Waals surface area (Å²) in [5.41, 5.74) is 0. The van der Waals surface area contributed by atoms with Gasteiger partial charge in [-0.3, -0.25) is 4.79 Å². The number of amides is 1. The Morgan fingerprint density at radius 3 is 2.93 bits per heavy atom. The fourth-order valence-corrected chi connectivity index (χ4v) is 2.11. The van der Waals surface area contributed by atoms with Crippen LogP contribution in [-0.4, -0.2) is 41.9 Å². The number of piperidine rings is 1. The van der Waals surface area contributed by atoms with E-state index in [0.29, 0.717) is 17.4 Å². The molecule has 1 rings (SSSR count). The number of nitrogens with zero attached hydrogens (tertiary/aromatic N) is 1. The summed E-state index contributed by atoms with van der Waals surface area (Å²) in [5.74, 6) is 0.670. The summed E-state index contributed by atoms with van der Waals surface area (Å²) in [6.45, 7) is 6.84. The normalized spacial score (nSPS) is 26.7. The lowest BCUT2D eigenvalue weighted by molar-refractivity contribution is -0.137. The third kappa shape index (κ3) is 4.11. The van der Waals surface area contributed by atoms with Crippen LogP contribution >= 0.6 is 15.9 Å². The SMILES string of the molecule is CCCOCC(=O)N1CCC(Br)C(C)C1. The molecule has 1 amide bonds. The van der Waals surface area contributed by atoms with Gasteiger partial charge in [-0.2, -0.15) is 0 Å². The zero-order valence-electron chi connectivity index (χ0n) is 9.54. The average Bonchev–Trinajstić information content (AvgIpc) is 2.22. The van der Waals surface area contributed by atoms with E-state index in [-0.39, 0.29) is 12.5 Å². The highest BCUT2D eigenvalue weighted by Crippen LogP contribution is 2.23. The van der Waals surface area contributed by atoms with Crippen LogP contribution in [0.15, 0.2) is 0 Å². The van der Waals surface area contributed by atoms with Crippen LogP contribution in [0.5, 0.6) is 0 Å². The van der Waals surface area contributed by atoms with Crippen molar-refractivity contribution in [2.24, 2.45) is 5.92 Å².